The average molecular weight is 394 g/mol. The van der Waals surface area contributed by atoms with Crippen LogP contribution in [-0.2, 0) is 0 Å². The lowest BCUT2D eigenvalue weighted by Gasteiger charge is -2.43. The van der Waals surface area contributed by atoms with Gasteiger partial charge < -0.3 is 23.5 Å². The van der Waals surface area contributed by atoms with Gasteiger partial charge in [0, 0.05) is 25.9 Å². The summed E-state index contributed by atoms with van der Waals surface area (Å²) in [6.45, 7) is 1.39. The first-order valence-electron chi connectivity index (χ1n) is 9.70. The van der Waals surface area contributed by atoms with Gasteiger partial charge in [0.15, 0.2) is 22.9 Å². The number of ketones is 1. The highest BCUT2D eigenvalue weighted by molar-refractivity contribution is 6.01. The van der Waals surface area contributed by atoms with Crippen LogP contribution in [0.1, 0.15) is 29.6 Å². The second-order valence-electron chi connectivity index (χ2n) is 7.51. The van der Waals surface area contributed by atoms with Gasteiger partial charge in [0.2, 0.25) is 5.75 Å². The lowest BCUT2D eigenvalue weighted by molar-refractivity contribution is 0.0203. The minimum atomic E-state index is -0.549. The number of Topliss-reactive ketones (excluding diaryl/α,β-unsaturated/α-hetero) is 1. The molecule has 2 aromatic carbocycles. The number of carbonyl (C=O) groups excluding carboxylic acids is 1. The number of fused-ring (bicyclic) bond motifs is 2. The van der Waals surface area contributed by atoms with Crippen LogP contribution < -0.4 is 19.1 Å². The number of nitrogens with zero attached hydrogens (tertiary/aromatic N) is 2. The molecule has 0 N–H and O–H groups in total. The molecule has 150 valence electrons. The van der Waals surface area contributed by atoms with Gasteiger partial charge in [-0.05, 0) is 24.3 Å². The quantitative estimate of drug-likeness (QED) is 0.668. The fraction of sp³-hybridized carbons (Fsp3) is 0.364. The van der Waals surface area contributed by atoms with Crippen molar-refractivity contribution in [3.8, 4) is 17.2 Å². The van der Waals surface area contributed by atoms with E-state index in [0.717, 1.165) is 11.1 Å². The van der Waals surface area contributed by atoms with Gasteiger partial charge in [0.25, 0.3) is 6.01 Å². The molecular weight excluding hydrogens is 372 g/mol. The second-order valence-corrected chi connectivity index (χ2v) is 7.51. The van der Waals surface area contributed by atoms with Crippen LogP contribution in [0.15, 0.2) is 40.8 Å². The number of ether oxygens (including phenoxy) is 3. The fourth-order valence-electron chi connectivity index (χ4n) is 4.24. The number of piperidine rings is 1. The average Bonchev–Trinajstić information content (AvgIpc) is 3.17. The summed E-state index contributed by atoms with van der Waals surface area (Å²) in [5, 5.41) is 0. The number of rotatable bonds is 3. The summed E-state index contributed by atoms with van der Waals surface area (Å²) in [6, 6.07) is 11.8. The van der Waals surface area contributed by atoms with E-state index in [1.165, 1.54) is 0 Å². The molecule has 0 amide bonds. The normalized spacial score (nSPS) is 17.9. The highest BCUT2D eigenvalue weighted by Gasteiger charge is 2.45. The van der Waals surface area contributed by atoms with Gasteiger partial charge in [-0.3, -0.25) is 4.79 Å². The zero-order chi connectivity index (χ0) is 20.0. The van der Waals surface area contributed by atoms with E-state index in [0.29, 0.717) is 61.2 Å². The maximum atomic E-state index is 12.9. The largest absolute Gasteiger partial charge is 0.493 e. The van der Waals surface area contributed by atoms with Crippen LogP contribution >= 0.6 is 0 Å². The van der Waals surface area contributed by atoms with Gasteiger partial charge in [-0.2, -0.15) is 4.98 Å². The van der Waals surface area contributed by atoms with Crippen molar-refractivity contribution < 1.29 is 23.4 Å². The summed E-state index contributed by atoms with van der Waals surface area (Å²) < 4.78 is 23.2. The SMILES string of the molecule is COc1ccc2c(c1OC)OC1(CCN(c3nc4ccccc4o3)CC1)CC2=O. The molecule has 29 heavy (non-hydrogen) atoms. The summed E-state index contributed by atoms with van der Waals surface area (Å²) in [5.74, 6) is 1.58. The third-order valence-corrected chi connectivity index (χ3v) is 5.83. The number of methoxy groups -OCH3 is 2. The van der Waals surface area contributed by atoms with Gasteiger partial charge in [-0.25, -0.2) is 0 Å². The van der Waals surface area contributed by atoms with Crippen LogP contribution in [0, 0.1) is 0 Å². The highest BCUT2D eigenvalue weighted by atomic mass is 16.5. The Balaban J connectivity index is 1.40. The predicted octanol–water partition coefficient (Wildman–Crippen LogP) is 3.85. The Kier molecular flexibility index (Phi) is 4.12. The van der Waals surface area contributed by atoms with E-state index < -0.39 is 5.60 Å². The van der Waals surface area contributed by atoms with Crippen molar-refractivity contribution in [2.24, 2.45) is 0 Å². The summed E-state index contributed by atoms with van der Waals surface area (Å²) in [5.41, 5.74) is 1.62. The number of hydrogen-bond acceptors (Lipinski definition) is 7. The van der Waals surface area contributed by atoms with Crippen LogP contribution in [0.2, 0.25) is 0 Å². The molecule has 0 unspecified atom stereocenters. The number of benzene rings is 2. The Labute approximate surface area is 168 Å². The number of oxazole rings is 1. The molecule has 3 aromatic rings. The minimum absolute atomic E-state index is 0.0718. The Hall–Kier alpha value is -3.22. The summed E-state index contributed by atoms with van der Waals surface area (Å²) >= 11 is 0. The van der Waals surface area contributed by atoms with E-state index in [1.54, 1.807) is 26.4 Å². The molecule has 2 aliphatic rings. The monoisotopic (exact) mass is 394 g/mol. The molecule has 0 bridgehead atoms. The molecule has 1 saturated heterocycles. The molecule has 5 rings (SSSR count). The van der Waals surface area contributed by atoms with Crippen molar-refractivity contribution in [3.05, 3.63) is 42.0 Å². The Morgan fingerprint density at radius 1 is 1.07 bits per heavy atom. The summed E-state index contributed by atoms with van der Waals surface area (Å²) in [7, 11) is 3.13. The first-order valence-corrected chi connectivity index (χ1v) is 9.70. The van der Waals surface area contributed by atoms with Crippen molar-refractivity contribution in [2.45, 2.75) is 24.9 Å². The van der Waals surface area contributed by atoms with E-state index in [4.69, 9.17) is 18.6 Å². The zero-order valence-corrected chi connectivity index (χ0v) is 16.4. The second kappa shape index (κ2) is 6.69. The third kappa shape index (κ3) is 2.88. The molecule has 0 saturated carbocycles. The summed E-state index contributed by atoms with van der Waals surface area (Å²) in [4.78, 5) is 19.6. The smallest absolute Gasteiger partial charge is 0.298 e. The van der Waals surface area contributed by atoms with Crippen LogP contribution in [-0.4, -0.2) is 43.7 Å². The lowest BCUT2D eigenvalue weighted by atomic mass is 9.82. The molecule has 0 aliphatic carbocycles. The van der Waals surface area contributed by atoms with E-state index in [9.17, 15) is 4.79 Å². The molecule has 7 heteroatoms. The van der Waals surface area contributed by atoms with E-state index in [2.05, 4.69) is 9.88 Å². The predicted molar refractivity (Wildman–Crippen MR) is 107 cm³/mol. The highest BCUT2D eigenvalue weighted by Crippen LogP contribution is 2.48. The van der Waals surface area contributed by atoms with Gasteiger partial charge >= 0.3 is 0 Å². The third-order valence-electron chi connectivity index (χ3n) is 5.83. The van der Waals surface area contributed by atoms with Crippen LogP contribution in [0.4, 0.5) is 6.01 Å². The number of hydrogen-bond donors (Lipinski definition) is 0. The molecule has 3 heterocycles. The number of anilines is 1. The molecule has 1 aromatic heterocycles. The first-order chi connectivity index (χ1) is 14.1. The van der Waals surface area contributed by atoms with Crippen LogP contribution in [0.3, 0.4) is 0 Å². The lowest BCUT2D eigenvalue weighted by Crippen LogP contribution is -2.51. The number of para-hydroxylation sites is 2. The molecule has 1 spiro atoms. The Morgan fingerprint density at radius 3 is 2.59 bits per heavy atom. The van der Waals surface area contributed by atoms with Crippen molar-refractivity contribution in [1.82, 2.24) is 4.98 Å². The molecular formula is C22H22N2O5. The van der Waals surface area contributed by atoms with Crippen molar-refractivity contribution in [3.63, 3.8) is 0 Å². The molecule has 1 fully saturated rings. The van der Waals surface area contributed by atoms with Crippen molar-refractivity contribution in [2.75, 3.05) is 32.2 Å². The fourth-order valence-corrected chi connectivity index (χ4v) is 4.24. The van der Waals surface area contributed by atoms with Gasteiger partial charge in [-0.1, -0.05) is 12.1 Å². The van der Waals surface area contributed by atoms with Gasteiger partial charge in [0.05, 0.1) is 26.2 Å². The van der Waals surface area contributed by atoms with Crippen LogP contribution in [0.25, 0.3) is 11.1 Å². The van der Waals surface area contributed by atoms with E-state index in [1.807, 2.05) is 24.3 Å². The Morgan fingerprint density at radius 2 is 1.86 bits per heavy atom. The zero-order valence-electron chi connectivity index (χ0n) is 16.4. The first kappa shape index (κ1) is 17.8. The number of carbonyl (C=O) groups is 1. The molecule has 0 radical (unpaired) electrons. The maximum Gasteiger partial charge on any atom is 0.298 e. The summed E-state index contributed by atoms with van der Waals surface area (Å²) in [6.07, 6.45) is 1.74. The number of aromatic nitrogens is 1. The topological polar surface area (TPSA) is 74.0 Å². The van der Waals surface area contributed by atoms with Crippen molar-refractivity contribution >= 4 is 22.9 Å². The molecule has 0 atom stereocenters. The van der Waals surface area contributed by atoms with Gasteiger partial charge in [-0.15, -0.1) is 0 Å². The van der Waals surface area contributed by atoms with Crippen molar-refractivity contribution in [1.29, 1.82) is 0 Å². The van der Waals surface area contributed by atoms with E-state index in [-0.39, 0.29) is 5.78 Å². The van der Waals surface area contributed by atoms with E-state index >= 15 is 0 Å². The van der Waals surface area contributed by atoms with Gasteiger partial charge in [0.1, 0.15) is 11.1 Å². The maximum absolute atomic E-state index is 12.9. The minimum Gasteiger partial charge on any atom is -0.493 e. The Bertz CT molecular complexity index is 1050. The standard InChI is InChI=1S/C22H22N2O5/c1-26-18-8-7-14-16(25)13-22(29-19(14)20(18)27-2)9-11-24(12-10-22)21-23-15-5-3-4-6-17(15)28-21/h3-8H,9-13H2,1-2H3. The van der Waals surface area contributed by atoms with Crippen LogP contribution in [0.5, 0.6) is 17.2 Å². The molecule has 7 nitrogen and oxygen atoms in total. The molecule has 2 aliphatic heterocycles.